The number of anilines is 3. The van der Waals surface area contributed by atoms with Crippen molar-refractivity contribution in [2.24, 2.45) is 17.8 Å². The van der Waals surface area contributed by atoms with Crippen molar-refractivity contribution in [2.45, 2.75) is 43.9 Å². The molecule has 14 rings (SSSR count). The van der Waals surface area contributed by atoms with E-state index in [1.807, 2.05) is 0 Å². The average Bonchev–Trinajstić information content (AvgIpc) is 3.84. The van der Waals surface area contributed by atoms with Gasteiger partial charge in [0.25, 0.3) is 0 Å². The number of fused-ring (bicyclic) bond motifs is 6. The van der Waals surface area contributed by atoms with Crippen LogP contribution >= 0.6 is 0 Å². The van der Waals surface area contributed by atoms with Gasteiger partial charge in [0.15, 0.2) is 5.58 Å². The Morgan fingerprint density at radius 1 is 0.475 bits per heavy atom. The molecule has 0 saturated heterocycles. The molecule has 10 aromatic rings. The van der Waals surface area contributed by atoms with E-state index in [9.17, 15) is 0 Å². The summed E-state index contributed by atoms with van der Waals surface area (Å²) < 4.78 is 9.08. The van der Waals surface area contributed by atoms with Gasteiger partial charge in [0, 0.05) is 28.0 Å². The second-order valence-corrected chi connectivity index (χ2v) is 18.4. The van der Waals surface area contributed by atoms with Crippen molar-refractivity contribution in [3.8, 4) is 33.4 Å². The van der Waals surface area contributed by atoms with Gasteiger partial charge < -0.3 is 9.32 Å². The Kier molecular flexibility index (Phi) is 7.79. The fourth-order valence-corrected chi connectivity index (χ4v) is 12.4. The summed E-state index contributed by atoms with van der Waals surface area (Å²) in [5, 5.41) is 3.60. The maximum atomic E-state index is 6.76. The molecule has 4 aliphatic rings. The molecule has 2 aromatic heterocycles. The fraction of sp³-hybridized carbons (Fsp3) is 0.172. The van der Waals surface area contributed by atoms with E-state index >= 15 is 0 Å². The summed E-state index contributed by atoms with van der Waals surface area (Å²) >= 11 is 0. The fourth-order valence-electron chi connectivity index (χ4n) is 12.4. The number of rotatable bonds is 7. The minimum absolute atomic E-state index is 0.376. The van der Waals surface area contributed by atoms with Gasteiger partial charge in [0.05, 0.1) is 16.6 Å². The second kappa shape index (κ2) is 13.6. The lowest BCUT2D eigenvalue weighted by atomic mass is 9.48. The summed E-state index contributed by atoms with van der Waals surface area (Å²) in [6.07, 6.45) is 8.55. The molecule has 4 aliphatic carbocycles. The van der Waals surface area contributed by atoms with E-state index in [4.69, 9.17) is 4.42 Å². The first-order chi connectivity index (χ1) is 30.1. The zero-order valence-electron chi connectivity index (χ0n) is 34.2. The molecule has 8 aromatic carbocycles. The van der Waals surface area contributed by atoms with Crippen molar-refractivity contribution in [1.82, 2.24) is 4.40 Å². The van der Waals surface area contributed by atoms with E-state index in [2.05, 4.69) is 197 Å². The van der Waals surface area contributed by atoms with E-state index in [0.717, 1.165) is 68.1 Å². The third-order valence-electron chi connectivity index (χ3n) is 14.7. The van der Waals surface area contributed by atoms with Crippen molar-refractivity contribution in [2.75, 3.05) is 4.90 Å². The SMILES string of the molecule is c1ccc(-c2ccc(N(c3ccc(C45CC6CC(CC(C6)C4)C5)cc3)c3ccc4cc(-c5cccc6oc7c(-c8ccccc8)c8ccccc8n7c56)ccc4c3)cc2)cc1. The van der Waals surface area contributed by atoms with E-state index < -0.39 is 0 Å². The highest BCUT2D eigenvalue weighted by atomic mass is 16.3. The van der Waals surface area contributed by atoms with Crippen LogP contribution in [0.1, 0.15) is 44.1 Å². The second-order valence-electron chi connectivity index (χ2n) is 18.4. The number of oxazole rings is 1. The Bertz CT molecular complexity index is 3230. The van der Waals surface area contributed by atoms with Crippen LogP contribution in [0.2, 0.25) is 0 Å². The number of hydrogen-bond acceptors (Lipinski definition) is 2. The van der Waals surface area contributed by atoms with Crippen LogP contribution in [0.5, 0.6) is 0 Å². The molecule has 0 N–H and O–H groups in total. The molecular formula is C58H46N2O. The quantitative estimate of drug-likeness (QED) is 0.160. The van der Waals surface area contributed by atoms with E-state index in [1.165, 1.54) is 77.1 Å². The summed E-state index contributed by atoms with van der Waals surface area (Å²) in [6, 6.07) is 69.1. The monoisotopic (exact) mass is 786 g/mol. The first-order valence-electron chi connectivity index (χ1n) is 22.2. The summed E-state index contributed by atoms with van der Waals surface area (Å²) in [6.45, 7) is 0. The molecule has 0 aliphatic heterocycles. The standard InChI is InChI=1S/C58H46N2O/c1-3-10-41(11-4-1)42-20-25-48(26-21-42)59(49-28-23-47(24-29-49)58-35-38-30-39(36-58)32-40(31-38)37-58)50-27-22-44-33-46(19-18-45(44)34-50)51-15-9-17-54-56(51)60-53-16-8-7-14-52(53)55(57(60)61-54)43-12-5-2-6-13-43/h1-29,33-34,38-40H,30-32,35-37H2. The number of nitrogens with zero attached hydrogens (tertiary/aromatic N) is 2. The normalized spacial score (nSPS) is 20.6. The molecule has 0 radical (unpaired) electrons. The molecule has 0 spiro atoms. The van der Waals surface area contributed by atoms with Crippen molar-refractivity contribution >= 4 is 55.6 Å². The van der Waals surface area contributed by atoms with Gasteiger partial charge in [-0.2, -0.15) is 0 Å². The lowest BCUT2D eigenvalue weighted by molar-refractivity contribution is -0.00518. The van der Waals surface area contributed by atoms with Crippen LogP contribution in [0.25, 0.3) is 71.9 Å². The molecule has 0 unspecified atom stereocenters. The van der Waals surface area contributed by atoms with Gasteiger partial charge in [-0.1, -0.05) is 133 Å². The number of aromatic nitrogens is 1. The lowest BCUT2D eigenvalue weighted by Crippen LogP contribution is -2.48. The molecule has 0 atom stereocenters. The Labute approximate surface area is 356 Å². The molecule has 3 heteroatoms. The Balaban J connectivity index is 0.905. The molecule has 4 bridgehead atoms. The zero-order chi connectivity index (χ0) is 40.1. The minimum atomic E-state index is 0.376. The molecule has 4 saturated carbocycles. The van der Waals surface area contributed by atoms with Crippen molar-refractivity contribution in [1.29, 1.82) is 0 Å². The topological polar surface area (TPSA) is 20.8 Å². The molecule has 2 heterocycles. The number of hydrogen-bond donors (Lipinski definition) is 0. The van der Waals surface area contributed by atoms with Crippen LogP contribution in [-0.2, 0) is 5.41 Å². The summed E-state index contributed by atoms with van der Waals surface area (Å²) in [4.78, 5) is 2.44. The summed E-state index contributed by atoms with van der Waals surface area (Å²) in [5.41, 5.74) is 16.5. The largest absolute Gasteiger partial charge is 0.438 e. The van der Waals surface area contributed by atoms with E-state index in [1.54, 1.807) is 5.56 Å². The van der Waals surface area contributed by atoms with Crippen molar-refractivity contribution in [3.63, 3.8) is 0 Å². The third-order valence-corrected chi connectivity index (χ3v) is 14.7. The maximum Gasteiger partial charge on any atom is 0.213 e. The zero-order valence-corrected chi connectivity index (χ0v) is 34.2. The van der Waals surface area contributed by atoms with Crippen LogP contribution < -0.4 is 4.90 Å². The Hall–Kier alpha value is -6.84. The Morgan fingerprint density at radius 2 is 1.05 bits per heavy atom. The summed E-state index contributed by atoms with van der Waals surface area (Å²) in [7, 11) is 0. The highest BCUT2D eigenvalue weighted by Crippen LogP contribution is 2.61. The number of benzene rings is 8. The van der Waals surface area contributed by atoms with Crippen LogP contribution in [0, 0.1) is 17.8 Å². The Morgan fingerprint density at radius 3 is 1.77 bits per heavy atom. The van der Waals surface area contributed by atoms with Crippen LogP contribution in [0.4, 0.5) is 17.1 Å². The molecule has 294 valence electrons. The van der Waals surface area contributed by atoms with Crippen LogP contribution in [0.3, 0.4) is 0 Å². The van der Waals surface area contributed by atoms with Gasteiger partial charge in [-0.3, -0.25) is 4.40 Å². The number of para-hydroxylation sites is 2. The van der Waals surface area contributed by atoms with E-state index in [0.29, 0.717) is 5.41 Å². The summed E-state index contributed by atoms with van der Waals surface area (Å²) in [5.74, 6) is 2.79. The van der Waals surface area contributed by atoms with Gasteiger partial charge in [-0.05, 0) is 155 Å². The molecule has 4 fully saturated rings. The highest BCUT2D eigenvalue weighted by Gasteiger charge is 2.51. The van der Waals surface area contributed by atoms with Gasteiger partial charge in [0.1, 0.15) is 0 Å². The first-order valence-corrected chi connectivity index (χ1v) is 22.2. The molecule has 61 heavy (non-hydrogen) atoms. The molecule has 3 nitrogen and oxygen atoms in total. The highest BCUT2D eigenvalue weighted by molar-refractivity contribution is 6.09. The maximum absolute atomic E-state index is 6.76. The third kappa shape index (κ3) is 5.63. The van der Waals surface area contributed by atoms with Gasteiger partial charge in [0.2, 0.25) is 5.71 Å². The van der Waals surface area contributed by atoms with Gasteiger partial charge >= 0.3 is 0 Å². The smallest absolute Gasteiger partial charge is 0.213 e. The van der Waals surface area contributed by atoms with Gasteiger partial charge in [-0.25, -0.2) is 0 Å². The molecule has 0 amide bonds. The lowest BCUT2D eigenvalue weighted by Gasteiger charge is -2.57. The minimum Gasteiger partial charge on any atom is -0.438 e. The predicted octanol–water partition coefficient (Wildman–Crippen LogP) is 15.9. The van der Waals surface area contributed by atoms with Crippen LogP contribution in [0.15, 0.2) is 192 Å². The first kappa shape index (κ1) is 35.0. The van der Waals surface area contributed by atoms with Gasteiger partial charge in [-0.15, -0.1) is 0 Å². The van der Waals surface area contributed by atoms with E-state index in [-0.39, 0.29) is 0 Å². The van der Waals surface area contributed by atoms with Crippen LogP contribution in [-0.4, -0.2) is 4.40 Å². The van der Waals surface area contributed by atoms with Crippen molar-refractivity contribution < 1.29 is 4.42 Å². The average molecular weight is 787 g/mol. The predicted molar refractivity (Wildman–Crippen MR) is 253 cm³/mol. The van der Waals surface area contributed by atoms with Crippen molar-refractivity contribution in [3.05, 3.63) is 194 Å². The molecular weight excluding hydrogens is 741 g/mol.